The van der Waals surface area contributed by atoms with Crippen molar-refractivity contribution in [3.8, 4) is 0 Å². The van der Waals surface area contributed by atoms with Gasteiger partial charge in [0.15, 0.2) is 0 Å². The molecule has 1 aromatic carbocycles. The van der Waals surface area contributed by atoms with E-state index in [-0.39, 0.29) is 5.54 Å². The summed E-state index contributed by atoms with van der Waals surface area (Å²) >= 11 is 3.54. The van der Waals surface area contributed by atoms with Crippen molar-refractivity contribution in [2.75, 3.05) is 26.7 Å². The van der Waals surface area contributed by atoms with Crippen molar-refractivity contribution in [1.82, 2.24) is 9.80 Å². The van der Waals surface area contributed by atoms with Crippen LogP contribution in [0.4, 0.5) is 0 Å². The van der Waals surface area contributed by atoms with Gasteiger partial charge in [0, 0.05) is 42.2 Å². The number of likely N-dealkylation sites (tertiary alicyclic amines) is 1. The van der Waals surface area contributed by atoms with Crippen LogP contribution in [0.5, 0.6) is 0 Å². The first-order chi connectivity index (χ1) is 9.47. The molecule has 0 amide bonds. The van der Waals surface area contributed by atoms with Gasteiger partial charge in [0.05, 0.1) is 0 Å². The zero-order valence-corrected chi connectivity index (χ0v) is 14.4. The Hall–Kier alpha value is -0.420. The van der Waals surface area contributed by atoms with Gasteiger partial charge in [0.2, 0.25) is 0 Å². The van der Waals surface area contributed by atoms with Crippen LogP contribution in [0.3, 0.4) is 0 Å². The largest absolute Gasteiger partial charge is 0.329 e. The number of hydrogen-bond donors (Lipinski definition) is 1. The van der Waals surface area contributed by atoms with Gasteiger partial charge in [-0.05, 0) is 45.0 Å². The normalized spacial score (nSPS) is 23.9. The predicted molar refractivity (Wildman–Crippen MR) is 88.7 cm³/mol. The first kappa shape index (κ1) is 16.0. The standard InChI is InChI=1S/C16H26BrN3/c1-13(2)20-8-7-16(11-18,12-20)19(3)10-14-5-4-6-15(17)9-14/h4-6,9,13H,7-8,10-12,18H2,1-3H3. The number of nitrogens with two attached hydrogens (primary N) is 1. The Balaban J connectivity index is 2.08. The number of halogens is 1. The van der Waals surface area contributed by atoms with Crippen molar-refractivity contribution in [3.05, 3.63) is 34.3 Å². The van der Waals surface area contributed by atoms with E-state index in [1.807, 2.05) is 0 Å². The molecule has 0 aromatic heterocycles. The van der Waals surface area contributed by atoms with E-state index in [0.29, 0.717) is 6.04 Å². The average molecular weight is 340 g/mol. The van der Waals surface area contributed by atoms with Crippen LogP contribution in [0, 0.1) is 0 Å². The molecule has 4 heteroatoms. The van der Waals surface area contributed by atoms with Crippen LogP contribution in [0.25, 0.3) is 0 Å². The van der Waals surface area contributed by atoms with E-state index in [2.05, 4.69) is 70.9 Å². The van der Waals surface area contributed by atoms with Gasteiger partial charge >= 0.3 is 0 Å². The van der Waals surface area contributed by atoms with E-state index in [0.717, 1.165) is 37.1 Å². The van der Waals surface area contributed by atoms with Gasteiger partial charge in [0.25, 0.3) is 0 Å². The van der Waals surface area contributed by atoms with Crippen molar-refractivity contribution in [2.24, 2.45) is 5.73 Å². The van der Waals surface area contributed by atoms with Gasteiger partial charge in [-0.25, -0.2) is 0 Å². The fourth-order valence-electron chi connectivity index (χ4n) is 3.04. The van der Waals surface area contributed by atoms with Crippen LogP contribution in [0.2, 0.25) is 0 Å². The van der Waals surface area contributed by atoms with E-state index < -0.39 is 0 Å². The Kier molecular flexibility index (Phi) is 5.24. The molecule has 1 atom stereocenters. The highest BCUT2D eigenvalue weighted by Crippen LogP contribution is 2.29. The molecular weight excluding hydrogens is 314 g/mol. The molecule has 1 heterocycles. The summed E-state index contributed by atoms with van der Waals surface area (Å²) < 4.78 is 1.14. The third kappa shape index (κ3) is 3.42. The fraction of sp³-hybridized carbons (Fsp3) is 0.625. The molecule has 0 bridgehead atoms. The zero-order valence-electron chi connectivity index (χ0n) is 12.8. The quantitative estimate of drug-likeness (QED) is 0.895. The van der Waals surface area contributed by atoms with E-state index in [1.165, 1.54) is 5.56 Å². The van der Waals surface area contributed by atoms with Crippen LogP contribution < -0.4 is 5.73 Å². The smallest absolute Gasteiger partial charge is 0.0471 e. The minimum absolute atomic E-state index is 0.118. The molecule has 0 spiro atoms. The number of benzene rings is 1. The molecule has 0 saturated carbocycles. The molecule has 3 nitrogen and oxygen atoms in total. The Morgan fingerprint density at radius 3 is 2.75 bits per heavy atom. The molecule has 1 fully saturated rings. The Labute approximate surface area is 131 Å². The van der Waals surface area contributed by atoms with Crippen LogP contribution >= 0.6 is 15.9 Å². The Morgan fingerprint density at radius 1 is 1.45 bits per heavy atom. The van der Waals surface area contributed by atoms with Crippen LogP contribution in [-0.4, -0.2) is 48.1 Å². The van der Waals surface area contributed by atoms with Gasteiger partial charge in [-0.1, -0.05) is 28.1 Å². The maximum atomic E-state index is 6.14. The van der Waals surface area contributed by atoms with Gasteiger partial charge in [-0.2, -0.15) is 0 Å². The molecular formula is C16H26BrN3. The van der Waals surface area contributed by atoms with E-state index >= 15 is 0 Å². The minimum Gasteiger partial charge on any atom is -0.329 e. The average Bonchev–Trinajstić information content (AvgIpc) is 2.84. The first-order valence-corrected chi connectivity index (χ1v) is 8.16. The number of rotatable bonds is 5. The van der Waals surface area contributed by atoms with Gasteiger partial charge in [-0.15, -0.1) is 0 Å². The highest BCUT2D eigenvalue weighted by atomic mass is 79.9. The second-order valence-electron chi connectivity index (χ2n) is 6.23. The molecule has 1 saturated heterocycles. The number of hydrogen-bond acceptors (Lipinski definition) is 3. The summed E-state index contributed by atoms with van der Waals surface area (Å²) in [5, 5.41) is 0. The SMILES string of the molecule is CC(C)N1CCC(CN)(N(C)Cc2cccc(Br)c2)C1. The maximum Gasteiger partial charge on any atom is 0.0471 e. The Morgan fingerprint density at radius 2 is 2.20 bits per heavy atom. The van der Waals surface area contributed by atoms with Crippen molar-refractivity contribution in [1.29, 1.82) is 0 Å². The molecule has 1 aliphatic heterocycles. The molecule has 112 valence electrons. The third-order valence-corrected chi connectivity index (χ3v) is 5.08. The molecule has 2 rings (SSSR count). The van der Waals surface area contributed by atoms with Crippen molar-refractivity contribution in [3.63, 3.8) is 0 Å². The van der Waals surface area contributed by atoms with Gasteiger partial charge in [-0.3, -0.25) is 9.80 Å². The van der Waals surface area contributed by atoms with Crippen molar-refractivity contribution >= 4 is 15.9 Å². The van der Waals surface area contributed by atoms with E-state index in [1.54, 1.807) is 0 Å². The van der Waals surface area contributed by atoms with E-state index in [9.17, 15) is 0 Å². The topological polar surface area (TPSA) is 32.5 Å². The molecule has 20 heavy (non-hydrogen) atoms. The minimum atomic E-state index is 0.118. The van der Waals surface area contributed by atoms with E-state index in [4.69, 9.17) is 5.73 Å². The van der Waals surface area contributed by atoms with Gasteiger partial charge < -0.3 is 5.73 Å². The second kappa shape index (κ2) is 6.56. The summed E-state index contributed by atoms with van der Waals surface area (Å²) in [5.74, 6) is 0. The summed E-state index contributed by atoms with van der Waals surface area (Å²) in [5.41, 5.74) is 7.59. The third-order valence-electron chi connectivity index (χ3n) is 4.59. The lowest BCUT2D eigenvalue weighted by molar-refractivity contribution is 0.116. The molecule has 0 radical (unpaired) electrons. The van der Waals surface area contributed by atoms with Crippen LogP contribution in [0.15, 0.2) is 28.7 Å². The number of nitrogens with zero attached hydrogens (tertiary/aromatic N) is 2. The van der Waals surface area contributed by atoms with Crippen molar-refractivity contribution < 1.29 is 0 Å². The van der Waals surface area contributed by atoms with Crippen LogP contribution in [0.1, 0.15) is 25.8 Å². The lowest BCUT2D eigenvalue weighted by Crippen LogP contribution is -2.54. The van der Waals surface area contributed by atoms with Gasteiger partial charge in [0.1, 0.15) is 0 Å². The van der Waals surface area contributed by atoms with Crippen LogP contribution in [-0.2, 0) is 6.54 Å². The predicted octanol–water partition coefficient (Wildman–Crippen LogP) is 2.69. The molecule has 1 aliphatic rings. The highest BCUT2D eigenvalue weighted by molar-refractivity contribution is 9.10. The first-order valence-electron chi connectivity index (χ1n) is 7.37. The molecule has 1 aromatic rings. The summed E-state index contributed by atoms with van der Waals surface area (Å²) in [4.78, 5) is 4.97. The second-order valence-corrected chi connectivity index (χ2v) is 7.14. The fourth-order valence-corrected chi connectivity index (χ4v) is 3.49. The highest BCUT2D eigenvalue weighted by Gasteiger charge is 2.40. The zero-order chi connectivity index (χ0) is 14.8. The summed E-state index contributed by atoms with van der Waals surface area (Å²) in [7, 11) is 2.21. The van der Waals surface area contributed by atoms with Crippen molar-refractivity contribution in [2.45, 2.75) is 38.4 Å². The number of likely N-dealkylation sites (N-methyl/N-ethyl adjacent to an activating group) is 1. The lowest BCUT2D eigenvalue weighted by atomic mass is 9.96. The monoisotopic (exact) mass is 339 g/mol. The summed E-state index contributed by atoms with van der Waals surface area (Å²) in [6.45, 7) is 8.43. The Bertz CT molecular complexity index is 449. The summed E-state index contributed by atoms with van der Waals surface area (Å²) in [6.07, 6.45) is 1.16. The molecule has 1 unspecified atom stereocenters. The molecule has 2 N–H and O–H groups in total. The lowest BCUT2D eigenvalue weighted by Gasteiger charge is -2.38. The summed E-state index contributed by atoms with van der Waals surface area (Å²) in [6, 6.07) is 9.13. The maximum absolute atomic E-state index is 6.14. The molecule has 0 aliphatic carbocycles.